The lowest BCUT2D eigenvalue weighted by Gasteiger charge is -1.96. The molecule has 1 aromatic carbocycles. The molecule has 0 radical (unpaired) electrons. The highest BCUT2D eigenvalue weighted by molar-refractivity contribution is 9.10. The molecule has 0 unspecified atom stereocenters. The van der Waals surface area contributed by atoms with Crippen molar-refractivity contribution in [1.82, 2.24) is 4.98 Å². The number of aromatic nitrogens is 1. The molecule has 1 heterocycles. The van der Waals surface area contributed by atoms with Crippen LogP contribution in [0.5, 0.6) is 0 Å². The third-order valence-corrected chi connectivity index (χ3v) is 2.80. The number of hydrogen-bond acceptors (Lipinski definition) is 0. The number of H-pyrrole nitrogens is 1. The maximum absolute atomic E-state index is 13.0. The summed E-state index contributed by atoms with van der Waals surface area (Å²) in [5.74, 6) is -0.200. The number of aryl methyl sites for hydroxylation is 1. The van der Waals surface area contributed by atoms with Crippen molar-refractivity contribution in [2.75, 3.05) is 0 Å². The summed E-state index contributed by atoms with van der Waals surface area (Å²) in [6.07, 6.45) is 2.84. The average molecular weight is 242 g/mol. The Kier molecular flexibility index (Phi) is 2.12. The number of rotatable bonds is 1. The molecule has 68 valence electrons. The fourth-order valence-electron chi connectivity index (χ4n) is 1.50. The van der Waals surface area contributed by atoms with Gasteiger partial charge in [-0.3, -0.25) is 0 Å². The average Bonchev–Trinajstić information content (AvgIpc) is 2.47. The Hall–Kier alpha value is -0.830. The first-order chi connectivity index (χ1) is 6.22. The fourth-order valence-corrected chi connectivity index (χ4v) is 2.05. The number of fused-ring (bicyclic) bond motifs is 1. The van der Waals surface area contributed by atoms with Crippen molar-refractivity contribution in [3.05, 3.63) is 34.2 Å². The first-order valence-corrected chi connectivity index (χ1v) is 4.96. The number of benzene rings is 1. The fraction of sp³-hybridized carbons (Fsp3) is 0.200. The maximum atomic E-state index is 13.0. The van der Waals surface area contributed by atoms with E-state index < -0.39 is 0 Å². The molecule has 0 spiro atoms. The number of nitrogens with one attached hydrogen (secondary N) is 1. The van der Waals surface area contributed by atoms with Crippen LogP contribution >= 0.6 is 15.9 Å². The SMILES string of the molecule is CCc1c[nH]c2c(Br)cc(F)cc12. The van der Waals surface area contributed by atoms with Gasteiger partial charge in [0.15, 0.2) is 0 Å². The van der Waals surface area contributed by atoms with E-state index in [-0.39, 0.29) is 5.82 Å². The summed E-state index contributed by atoms with van der Waals surface area (Å²) in [7, 11) is 0. The van der Waals surface area contributed by atoms with Gasteiger partial charge in [0.25, 0.3) is 0 Å². The number of aromatic amines is 1. The summed E-state index contributed by atoms with van der Waals surface area (Å²) in [5.41, 5.74) is 2.12. The second-order valence-corrected chi connectivity index (χ2v) is 3.83. The highest BCUT2D eigenvalue weighted by atomic mass is 79.9. The molecule has 2 rings (SSSR count). The van der Waals surface area contributed by atoms with Gasteiger partial charge in [-0.25, -0.2) is 4.39 Å². The summed E-state index contributed by atoms with van der Waals surface area (Å²) in [6, 6.07) is 3.04. The topological polar surface area (TPSA) is 15.8 Å². The predicted octanol–water partition coefficient (Wildman–Crippen LogP) is 3.63. The van der Waals surface area contributed by atoms with Gasteiger partial charge in [-0.05, 0) is 40.0 Å². The minimum absolute atomic E-state index is 0.200. The van der Waals surface area contributed by atoms with Crippen LogP contribution < -0.4 is 0 Å². The molecule has 0 amide bonds. The van der Waals surface area contributed by atoms with Gasteiger partial charge in [-0.1, -0.05) is 6.92 Å². The Balaban J connectivity index is 2.82. The predicted molar refractivity (Wildman–Crippen MR) is 55.3 cm³/mol. The quantitative estimate of drug-likeness (QED) is 0.785. The molecule has 0 aliphatic carbocycles. The van der Waals surface area contributed by atoms with Gasteiger partial charge in [0.2, 0.25) is 0 Å². The summed E-state index contributed by atoms with van der Waals surface area (Å²) < 4.78 is 13.8. The van der Waals surface area contributed by atoms with E-state index in [0.29, 0.717) is 0 Å². The van der Waals surface area contributed by atoms with E-state index in [1.807, 2.05) is 6.20 Å². The first kappa shape index (κ1) is 8.75. The zero-order valence-electron chi connectivity index (χ0n) is 7.20. The van der Waals surface area contributed by atoms with E-state index in [2.05, 4.69) is 27.8 Å². The van der Waals surface area contributed by atoms with Gasteiger partial charge in [0, 0.05) is 16.1 Å². The van der Waals surface area contributed by atoms with Crippen molar-refractivity contribution in [3.63, 3.8) is 0 Å². The van der Waals surface area contributed by atoms with E-state index in [0.717, 1.165) is 27.4 Å². The van der Waals surface area contributed by atoms with Crippen LogP contribution in [0, 0.1) is 5.82 Å². The van der Waals surface area contributed by atoms with Crippen molar-refractivity contribution in [1.29, 1.82) is 0 Å². The third-order valence-electron chi connectivity index (χ3n) is 2.17. The lowest BCUT2D eigenvalue weighted by Crippen LogP contribution is -1.79. The van der Waals surface area contributed by atoms with E-state index in [1.54, 1.807) is 6.07 Å². The van der Waals surface area contributed by atoms with Crippen molar-refractivity contribution in [3.8, 4) is 0 Å². The van der Waals surface area contributed by atoms with Crippen molar-refractivity contribution in [2.45, 2.75) is 13.3 Å². The molecule has 1 aromatic heterocycles. The van der Waals surface area contributed by atoms with Crippen LogP contribution in [0.25, 0.3) is 10.9 Å². The summed E-state index contributed by atoms with van der Waals surface area (Å²) in [6.45, 7) is 2.06. The molecule has 13 heavy (non-hydrogen) atoms. The highest BCUT2D eigenvalue weighted by Crippen LogP contribution is 2.27. The van der Waals surface area contributed by atoms with E-state index in [1.165, 1.54) is 6.07 Å². The molecule has 3 heteroatoms. The Labute approximate surface area is 84.1 Å². The first-order valence-electron chi connectivity index (χ1n) is 4.17. The van der Waals surface area contributed by atoms with Crippen LogP contribution in [0.1, 0.15) is 12.5 Å². The minimum Gasteiger partial charge on any atom is -0.360 e. The van der Waals surface area contributed by atoms with Crippen LogP contribution in [0.15, 0.2) is 22.8 Å². The van der Waals surface area contributed by atoms with Gasteiger partial charge in [0.1, 0.15) is 5.82 Å². The van der Waals surface area contributed by atoms with Crippen LogP contribution in [-0.2, 0) is 6.42 Å². The lowest BCUT2D eigenvalue weighted by molar-refractivity contribution is 0.629. The second-order valence-electron chi connectivity index (χ2n) is 2.98. The number of halogens is 2. The molecule has 1 N–H and O–H groups in total. The molecule has 0 aliphatic heterocycles. The zero-order chi connectivity index (χ0) is 9.42. The Bertz CT molecular complexity index is 447. The largest absolute Gasteiger partial charge is 0.360 e. The second kappa shape index (κ2) is 3.14. The molecule has 0 aliphatic rings. The van der Waals surface area contributed by atoms with Crippen LogP contribution in [-0.4, -0.2) is 4.98 Å². The van der Waals surface area contributed by atoms with Crippen LogP contribution in [0.4, 0.5) is 4.39 Å². The van der Waals surface area contributed by atoms with Crippen LogP contribution in [0.3, 0.4) is 0 Å². The monoisotopic (exact) mass is 241 g/mol. The highest BCUT2D eigenvalue weighted by Gasteiger charge is 2.06. The number of hydrogen-bond donors (Lipinski definition) is 1. The molecule has 0 saturated heterocycles. The molecule has 0 saturated carbocycles. The molecule has 1 nitrogen and oxygen atoms in total. The van der Waals surface area contributed by atoms with Gasteiger partial charge < -0.3 is 4.98 Å². The van der Waals surface area contributed by atoms with Gasteiger partial charge in [-0.15, -0.1) is 0 Å². The molecular weight excluding hydrogens is 233 g/mol. The maximum Gasteiger partial charge on any atom is 0.125 e. The smallest absolute Gasteiger partial charge is 0.125 e. The van der Waals surface area contributed by atoms with Crippen LogP contribution in [0.2, 0.25) is 0 Å². The van der Waals surface area contributed by atoms with Crippen molar-refractivity contribution in [2.24, 2.45) is 0 Å². The molecule has 0 atom stereocenters. The Morgan fingerprint density at radius 3 is 2.92 bits per heavy atom. The van der Waals surface area contributed by atoms with E-state index in [9.17, 15) is 4.39 Å². The molecule has 2 aromatic rings. The summed E-state index contributed by atoms with van der Waals surface area (Å²) in [5, 5.41) is 0.967. The molecular formula is C10H9BrFN. The Morgan fingerprint density at radius 2 is 2.23 bits per heavy atom. The summed E-state index contributed by atoms with van der Waals surface area (Å²) >= 11 is 3.32. The zero-order valence-corrected chi connectivity index (χ0v) is 8.78. The van der Waals surface area contributed by atoms with Gasteiger partial charge in [-0.2, -0.15) is 0 Å². The van der Waals surface area contributed by atoms with E-state index >= 15 is 0 Å². The van der Waals surface area contributed by atoms with E-state index in [4.69, 9.17) is 0 Å². The van der Waals surface area contributed by atoms with Crippen molar-refractivity contribution >= 4 is 26.8 Å². The van der Waals surface area contributed by atoms with Crippen molar-refractivity contribution < 1.29 is 4.39 Å². The molecule has 0 bridgehead atoms. The van der Waals surface area contributed by atoms with Gasteiger partial charge in [0.05, 0.1) is 5.52 Å². The normalized spacial score (nSPS) is 11.0. The molecule has 0 fully saturated rings. The Morgan fingerprint density at radius 1 is 1.46 bits per heavy atom. The summed E-state index contributed by atoms with van der Waals surface area (Å²) in [4.78, 5) is 3.12. The lowest BCUT2D eigenvalue weighted by atomic mass is 10.1. The van der Waals surface area contributed by atoms with Gasteiger partial charge >= 0.3 is 0 Å². The standard InChI is InChI=1S/C10H9BrFN/c1-2-6-5-13-10-8(6)3-7(12)4-9(10)11/h3-5,13H,2H2,1H3. The third kappa shape index (κ3) is 1.37. The minimum atomic E-state index is -0.200.